The number of aryl methyl sites for hydroxylation is 2. The van der Waals surface area contributed by atoms with Crippen LogP contribution < -0.4 is 4.72 Å². The maximum absolute atomic E-state index is 12.6. The first-order chi connectivity index (χ1) is 9.97. The van der Waals surface area contributed by atoms with Crippen molar-refractivity contribution < 1.29 is 8.42 Å². The molecule has 0 spiro atoms. The number of aromatic nitrogens is 2. The average molecular weight is 301 g/mol. The molecule has 1 N–H and O–H groups in total. The van der Waals surface area contributed by atoms with E-state index in [-0.39, 0.29) is 4.90 Å². The number of hydrogen-bond donors (Lipinski definition) is 1. The van der Waals surface area contributed by atoms with E-state index in [1.807, 2.05) is 31.2 Å². The lowest BCUT2D eigenvalue weighted by Gasteiger charge is -2.10. The fourth-order valence-electron chi connectivity index (χ4n) is 2.33. The number of anilines is 1. The zero-order valence-corrected chi connectivity index (χ0v) is 12.6. The number of sulfonamides is 1. The molecule has 0 amide bonds. The minimum absolute atomic E-state index is 0.263. The summed E-state index contributed by atoms with van der Waals surface area (Å²) in [6.07, 6.45) is 0. The van der Waals surface area contributed by atoms with E-state index in [0.29, 0.717) is 11.2 Å². The second-order valence-corrected chi connectivity index (χ2v) is 6.53. The van der Waals surface area contributed by atoms with E-state index >= 15 is 0 Å². The SMILES string of the molecule is Cc1cc(NS(=O)(=O)c2cccc3ccccc23)n(C)n1. The summed E-state index contributed by atoms with van der Waals surface area (Å²) in [4.78, 5) is 0.263. The van der Waals surface area contributed by atoms with Gasteiger partial charge < -0.3 is 0 Å². The first kappa shape index (κ1) is 13.6. The second kappa shape index (κ2) is 4.89. The fourth-order valence-corrected chi connectivity index (χ4v) is 3.64. The van der Waals surface area contributed by atoms with Crippen molar-refractivity contribution in [3.8, 4) is 0 Å². The molecule has 0 unspecified atom stereocenters. The molecule has 0 saturated carbocycles. The average Bonchev–Trinajstić information content (AvgIpc) is 2.75. The Bertz CT molecular complexity index is 908. The van der Waals surface area contributed by atoms with Crippen molar-refractivity contribution >= 4 is 26.6 Å². The molecule has 1 aromatic heterocycles. The lowest BCUT2D eigenvalue weighted by molar-refractivity contribution is 0.601. The molecule has 0 aliphatic rings. The number of hydrogen-bond acceptors (Lipinski definition) is 3. The Hall–Kier alpha value is -2.34. The van der Waals surface area contributed by atoms with Gasteiger partial charge in [-0.25, -0.2) is 8.42 Å². The summed E-state index contributed by atoms with van der Waals surface area (Å²) in [6, 6.07) is 14.3. The minimum Gasteiger partial charge on any atom is -0.264 e. The van der Waals surface area contributed by atoms with Gasteiger partial charge in [-0.1, -0.05) is 36.4 Å². The van der Waals surface area contributed by atoms with Crippen LogP contribution in [0.25, 0.3) is 10.8 Å². The van der Waals surface area contributed by atoms with Crippen molar-refractivity contribution in [1.82, 2.24) is 9.78 Å². The van der Waals surface area contributed by atoms with Crippen LogP contribution in [0.1, 0.15) is 5.69 Å². The van der Waals surface area contributed by atoms with E-state index < -0.39 is 10.0 Å². The molecule has 0 bridgehead atoms. The highest BCUT2D eigenvalue weighted by atomic mass is 32.2. The van der Waals surface area contributed by atoms with E-state index in [0.717, 1.165) is 11.1 Å². The molecule has 21 heavy (non-hydrogen) atoms. The molecule has 0 aliphatic heterocycles. The van der Waals surface area contributed by atoms with Crippen molar-refractivity contribution in [3.05, 3.63) is 54.2 Å². The van der Waals surface area contributed by atoms with Gasteiger partial charge in [0.2, 0.25) is 0 Å². The highest BCUT2D eigenvalue weighted by Gasteiger charge is 2.18. The van der Waals surface area contributed by atoms with Crippen LogP contribution in [0.5, 0.6) is 0 Å². The summed E-state index contributed by atoms with van der Waals surface area (Å²) in [5, 5.41) is 5.73. The molecular formula is C15H15N3O2S. The van der Waals surface area contributed by atoms with Crippen LogP contribution in [0, 0.1) is 6.92 Å². The normalized spacial score (nSPS) is 11.7. The van der Waals surface area contributed by atoms with Gasteiger partial charge in [-0.2, -0.15) is 5.10 Å². The quantitative estimate of drug-likeness (QED) is 0.809. The number of nitrogens with one attached hydrogen (secondary N) is 1. The molecule has 2 aromatic carbocycles. The Kier molecular flexibility index (Phi) is 3.17. The molecule has 3 aromatic rings. The van der Waals surface area contributed by atoms with Crippen LogP contribution in [0.3, 0.4) is 0 Å². The van der Waals surface area contributed by atoms with Gasteiger partial charge in [0.25, 0.3) is 10.0 Å². The number of fused-ring (bicyclic) bond motifs is 1. The predicted molar refractivity (Wildman–Crippen MR) is 82.7 cm³/mol. The molecule has 0 radical (unpaired) electrons. The maximum Gasteiger partial charge on any atom is 0.263 e. The summed E-state index contributed by atoms with van der Waals surface area (Å²) in [6.45, 7) is 1.82. The predicted octanol–water partition coefficient (Wildman–Crippen LogP) is 2.68. The molecule has 0 atom stereocenters. The van der Waals surface area contributed by atoms with Crippen molar-refractivity contribution in [1.29, 1.82) is 0 Å². The second-order valence-electron chi connectivity index (χ2n) is 4.88. The molecule has 1 heterocycles. The summed E-state index contributed by atoms with van der Waals surface area (Å²) in [5.74, 6) is 0.445. The Morgan fingerprint density at radius 2 is 1.81 bits per heavy atom. The Labute approximate surface area is 123 Å². The molecule has 5 nitrogen and oxygen atoms in total. The zero-order chi connectivity index (χ0) is 15.0. The number of nitrogens with zero attached hydrogens (tertiary/aromatic N) is 2. The first-order valence-corrected chi connectivity index (χ1v) is 7.97. The Balaban J connectivity index is 2.11. The van der Waals surface area contributed by atoms with E-state index in [1.54, 1.807) is 31.3 Å². The third kappa shape index (κ3) is 2.50. The lowest BCUT2D eigenvalue weighted by atomic mass is 10.1. The first-order valence-electron chi connectivity index (χ1n) is 6.48. The van der Waals surface area contributed by atoms with Gasteiger partial charge in [0, 0.05) is 18.5 Å². The van der Waals surface area contributed by atoms with Crippen molar-refractivity contribution in [2.75, 3.05) is 4.72 Å². The van der Waals surface area contributed by atoms with Crippen molar-refractivity contribution in [2.45, 2.75) is 11.8 Å². The molecule has 3 rings (SSSR count). The van der Waals surface area contributed by atoms with E-state index in [9.17, 15) is 8.42 Å². The zero-order valence-electron chi connectivity index (χ0n) is 11.7. The lowest BCUT2D eigenvalue weighted by Crippen LogP contribution is -2.15. The standard InChI is InChI=1S/C15H15N3O2S/c1-11-10-15(18(2)16-11)17-21(19,20)14-9-5-7-12-6-3-4-8-13(12)14/h3-10,17H,1-2H3. The monoisotopic (exact) mass is 301 g/mol. The van der Waals surface area contributed by atoms with Crippen LogP contribution in [0.15, 0.2) is 53.4 Å². The van der Waals surface area contributed by atoms with Gasteiger partial charge in [0.05, 0.1) is 10.6 Å². The highest BCUT2D eigenvalue weighted by molar-refractivity contribution is 7.93. The maximum atomic E-state index is 12.6. The molecule has 0 aliphatic carbocycles. The molecular weight excluding hydrogens is 286 g/mol. The third-order valence-corrected chi connectivity index (χ3v) is 4.69. The smallest absolute Gasteiger partial charge is 0.263 e. The van der Waals surface area contributed by atoms with Gasteiger partial charge in [0.15, 0.2) is 0 Å². The van der Waals surface area contributed by atoms with Gasteiger partial charge in [0.1, 0.15) is 5.82 Å². The van der Waals surface area contributed by atoms with Gasteiger partial charge in [-0.05, 0) is 18.4 Å². The van der Waals surface area contributed by atoms with Gasteiger partial charge in [-0.3, -0.25) is 9.40 Å². The van der Waals surface area contributed by atoms with Crippen LogP contribution in [-0.2, 0) is 17.1 Å². The van der Waals surface area contributed by atoms with Crippen molar-refractivity contribution in [3.63, 3.8) is 0 Å². The van der Waals surface area contributed by atoms with E-state index in [1.165, 1.54) is 4.68 Å². The third-order valence-electron chi connectivity index (χ3n) is 3.28. The van der Waals surface area contributed by atoms with Crippen molar-refractivity contribution in [2.24, 2.45) is 7.05 Å². The summed E-state index contributed by atoms with van der Waals surface area (Å²) < 4.78 is 29.4. The summed E-state index contributed by atoms with van der Waals surface area (Å²) >= 11 is 0. The topological polar surface area (TPSA) is 64.0 Å². The van der Waals surface area contributed by atoms with Crippen LogP contribution in [0.4, 0.5) is 5.82 Å². The fraction of sp³-hybridized carbons (Fsp3) is 0.133. The number of benzene rings is 2. The molecule has 0 saturated heterocycles. The molecule has 0 fully saturated rings. The highest BCUT2D eigenvalue weighted by Crippen LogP contribution is 2.24. The summed E-state index contributed by atoms with van der Waals surface area (Å²) in [7, 11) is -1.96. The Morgan fingerprint density at radius 3 is 2.52 bits per heavy atom. The van der Waals surface area contributed by atoms with Crippen LogP contribution in [-0.4, -0.2) is 18.2 Å². The van der Waals surface area contributed by atoms with E-state index in [2.05, 4.69) is 9.82 Å². The van der Waals surface area contributed by atoms with Crippen LogP contribution in [0.2, 0.25) is 0 Å². The van der Waals surface area contributed by atoms with E-state index in [4.69, 9.17) is 0 Å². The van der Waals surface area contributed by atoms with Gasteiger partial charge in [-0.15, -0.1) is 0 Å². The molecule has 6 heteroatoms. The summed E-state index contributed by atoms with van der Waals surface area (Å²) in [5.41, 5.74) is 0.758. The largest absolute Gasteiger partial charge is 0.264 e. The van der Waals surface area contributed by atoms with Crippen LogP contribution >= 0.6 is 0 Å². The molecule has 108 valence electrons. The minimum atomic E-state index is -3.66. The number of rotatable bonds is 3. The van der Waals surface area contributed by atoms with Gasteiger partial charge >= 0.3 is 0 Å². The Morgan fingerprint density at radius 1 is 1.10 bits per heavy atom.